The van der Waals surface area contributed by atoms with Crippen molar-refractivity contribution in [3.63, 3.8) is 0 Å². The number of rotatable bonds is 4. The van der Waals surface area contributed by atoms with Crippen LogP contribution in [0.25, 0.3) is 11.0 Å². The third kappa shape index (κ3) is 2.93. The lowest BCUT2D eigenvalue weighted by atomic mass is 10.2. The van der Waals surface area contributed by atoms with E-state index in [4.69, 9.17) is 15.2 Å². The molecule has 3 aromatic rings. The zero-order valence-electron chi connectivity index (χ0n) is 12.5. The third-order valence-corrected chi connectivity index (χ3v) is 3.35. The second kappa shape index (κ2) is 5.89. The van der Waals surface area contributed by atoms with Crippen molar-refractivity contribution in [2.45, 2.75) is 13.5 Å². The SMILES string of the molecule is COc1ccc(COc2nc3ccc(C)cc3nc2N)cc1. The highest BCUT2D eigenvalue weighted by atomic mass is 16.5. The molecule has 0 atom stereocenters. The van der Waals surface area contributed by atoms with E-state index < -0.39 is 0 Å². The molecule has 0 fully saturated rings. The second-order valence-corrected chi connectivity index (χ2v) is 5.04. The first-order valence-corrected chi connectivity index (χ1v) is 6.95. The number of aromatic nitrogens is 2. The Bertz CT molecular complexity index is 801. The molecule has 5 heteroatoms. The number of hydrogen-bond donors (Lipinski definition) is 1. The van der Waals surface area contributed by atoms with Crippen molar-refractivity contribution in [2.75, 3.05) is 12.8 Å². The number of aryl methyl sites for hydroxylation is 1. The molecular weight excluding hydrogens is 278 g/mol. The van der Waals surface area contributed by atoms with E-state index in [1.54, 1.807) is 7.11 Å². The van der Waals surface area contributed by atoms with Crippen LogP contribution in [0.3, 0.4) is 0 Å². The molecule has 2 aromatic carbocycles. The minimum Gasteiger partial charge on any atom is -0.497 e. The van der Waals surface area contributed by atoms with Gasteiger partial charge in [0.25, 0.3) is 5.88 Å². The number of benzene rings is 2. The first kappa shape index (κ1) is 14.1. The fraction of sp³-hybridized carbons (Fsp3) is 0.176. The zero-order valence-corrected chi connectivity index (χ0v) is 12.5. The lowest BCUT2D eigenvalue weighted by Crippen LogP contribution is -2.03. The van der Waals surface area contributed by atoms with E-state index >= 15 is 0 Å². The van der Waals surface area contributed by atoms with Gasteiger partial charge in [0.15, 0.2) is 5.82 Å². The number of nitrogens with two attached hydrogens (primary N) is 1. The van der Waals surface area contributed by atoms with Gasteiger partial charge in [0.05, 0.1) is 18.1 Å². The van der Waals surface area contributed by atoms with E-state index in [0.29, 0.717) is 18.3 Å². The Kier molecular flexibility index (Phi) is 3.78. The first-order valence-electron chi connectivity index (χ1n) is 6.95. The average Bonchev–Trinajstić information content (AvgIpc) is 2.53. The van der Waals surface area contributed by atoms with Crippen molar-refractivity contribution in [1.82, 2.24) is 9.97 Å². The molecule has 0 spiro atoms. The summed E-state index contributed by atoms with van der Waals surface area (Å²) in [6, 6.07) is 13.5. The molecular formula is C17H17N3O2. The van der Waals surface area contributed by atoms with Gasteiger partial charge in [-0.2, -0.15) is 0 Å². The Hall–Kier alpha value is -2.82. The summed E-state index contributed by atoms with van der Waals surface area (Å²) in [5.74, 6) is 1.46. The summed E-state index contributed by atoms with van der Waals surface area (Å²) >= 11 is 0. The molecule has 0 aliphatic carbocycles. The highest BCUT2D eigenvalue weighted by molar-refractivity contribution is 5.77. The predicted octanol–water partition coefficient (Wildman–Crippen LogP) is 3.11. The number of ether oxygens (including phenoxy) is 2. The van der Waals surface area contributed by atoms with Gasteiger partial charge in [-0.3, -0.25) is 0 Å². The highest BCUT2D eigenvalue weighted by Crippen LogP contribution is 2.22. The maximum Gasteiger partial charge on any atom is 0.258 e. The summed E-state index contributed by atoms with van der Waals surface area (Å²) < 4.78 is 10.8. The Morgan fingerprint density at radius 3 is 2.50 bits per heavy atom. The number of hydrogen-bond acceptors (Lipinski definition) is 5. The van der Waals surface area contributed by atoms with Crippen molar-refractivity contribution in [2.24, 2.45) is 0 Å². The fourth-order valence-corrected chi connectivity index (χ4v) is 2.14. The van der Waals surface area contributed by atoms with Crippen molar-refractivity contribution < 1.29 is 9.47 Å². The van der Waals surface area contributed by atoms with E-state index in [2.05, 4.69) is 9.97 Å². The van der Waals surface area contributed by atoms with Gasteiger partial charge < -0.3 is 15.2 Å². The van der Waals surface area contributed by atoms with E-state index in [0.717, 1.165) is 27.9 Å². The van der Waals surface area contributed by atoms with Crippen LogP contribution in [0.2, 0.25) is 0 Å². The summed E-state index contributed by atoms with van der Waals surface area (Å²) in [7, 11) is 1.64. The Labute approximate surface area is 128 Å². The fourth-order valence-electron chi connectivity index (χ4n) is 2.14. The number of nitrogens with zero attached hydrogens (tertiary/aromatic N) is 2. The summed E-state index contributed by atoms with van der Waals surface area (Å²) in [4.78, 5) is 8.78. The monoisotopic (exact) mass is 295 g/mol. The van der Waals surface area contributed by atoms with Gasteiger partial charge >= 0.3 is 0 Å². The van der Waals surface area contributed by atoms with Gasteiger partial charge in [-0.05, 0) is 42.3 Å². The molecule has 0 amide bonds. The van der Waals surface area contributed by atoms with Crippen LogP contribution in [0.1, 0.15) is 11.1 Å². The molecule has 5 nitrogen and oxygen atoms in total. The molecule has 112 valence electrons. The van der Waals surface area contributed by atoms with Gasteiger partial charge in [0, 0.05) is 0 Å². The van der Waals surface area contributed by atoms with E-state index in [1.165, 1.54) is 0 Å². The van der Waals surface area contributed by atoms with Crippen molar-refractivity contribution in [3.05, 3.63) is 53.6 Å². The molecule has 0 bridgehead atoms. The first-order chi connectivity index (χ1) is 10.7. The summed E-state index contributed by atoms with van der Waals surface area (Å²) in [6.07, 6.45) is 0. The third-order valence-electron chi connectivity index (χ3n) is 3.35. The number of methoxy groups -OCH3 is 1. The molecule has 1 aromatic heterocycles. The molecule has 1 heterocycles. The lowest BCUT2D eigenvalue weighted by Gasteiger charge is -2.09. The van der Waals surface area contributed by atoms with Crippen LogP contribution in [0, 0.1) is 6.92 Å². The maximum atomic E-state index is 5.93. The van der Waals surface area contributed by atoms with Crippen LogP contribution in [0.4, 0.5) is 5.82 Å². The minimum absolute atomic E-state index is 0.298. The smallest absolute Gasteiger partial charge is 0.258 e. The van der Waals surface area contributed by atoms with Gasteiger partial charge in [-0.15, -0.1) is 0 Å². The predicted molar refractivity (Wildman–Crippen MR) is 86.0 cm³/mol. The standard InChI is InChI=1S/C17H17N3O2/c1-11-3-8-14-15(9-11)19-16(18)17(20-14)22-10-12-4-6-13(21-2)7-5-12/h3-9H,10H2,1-2H3,(H2,18,19). The van der Waals surface area contributed by atoms with Crippen LogP contribution < -0.4 is 15.2 Å². The van der Waals surface area contributed by atoms with E-state index in [9.17, 15) is 0 Å². The summed E-state index contributed by atoms with van der Waals surface area (Å²) in [5, 5.41) is 0. The quantitative estimate of drug-likeness (QED) is 0.801. The molecule has 0 radical (unpaired) electrons. The number of anilines is 1. The van der Waals surface area contributed by atoms with Crippen molar-refractivity contribution in [1.29, 1.82) is 0 Å². The molecule has 2 N–H and O–H groups in total. The Balaban J connectivity index is 1.80. The van der Waals surface area contributed by atoms with Gasteiger partial charge in [-0.1, -0.05) is 18.2 Å². The van der Waals surface area contributed by atoms with E-state index in [1.807, 2.05) is 49.4 Å². The number of fused-ring (bicyclic) bond motifs is 1. The largest absolute Gasteiger partial charge is 0.497 e. The topological polar surface area (TPSA) is 70.3 Å². The molecule has 0 aliphatic rings. The second-order valence-electron chi connectivity index (χ2n) is 5.04. The van der Waals surface area contributed by atoms with Crippen LogP contribution in [0.5, 0.6) is 11.6 Å². The zero-order chi connectivity index (χ0) is 15.5. The average molecular weight is 295 g/mol. The van der Waals surface area contributed by atoms with Crippen molar-refractivity contribution in [3.8, 4) is 11.6 Å². The Morgan fingerprint density at radius 1 is 1.00 bits per heavy atom. The van der Waals surface area contributed by atoms with Gasteiger partial charge in [0.2, 0.25) is 0 Å². The molecule has 0 unspecified atom stereocenters. The summed E-state index contributed by atoms with van der Waals surface area (Å²) in [6.45, 7) is 2.38. The molecule has 22 heavy (non-hydrogen) atoms. The normalized spacial score (nSPS) is 10.6. The maximum absolute atomic E-state index is 5.93. The molecule has 0 aliphatic heterocycles. The van der Waals surface area contributed by atoms with Crippen LogP contribution >= 0.6 is 0 Å². The number of nitrogen functional groups attached to an aromatic ring is 1. The van der Waals surface area contributed by atoms with E-state index in [-0.39, 0.29) is 0 Å². The minimum atomic E-state index is 0.298. The van der Waals surface area contributed by atoms with Crippen LogP contribution in [0.15, 0.2) is 42.5 Å². The lowest BCUT2D eigenvalue weighted by molar-refractivity contribution is 0.295. The van der Waals surface area contributed by atoms with Gasteiger partial charge in [0.1, 0.15) is 12.4 Å². The summed E-state index contributed by atoms with van der Waals surface area (Å²) in [5.41, 5.74) is 9.59. The molecule has 0 saturated heterocycles. The molecule has 3 rings (SSSR count). The van der Waals surface area contributed by atoms with Crippen LogP contribution in [-0.4, -0.2) is 17.1 Å². The Morgan fingerprint density at radius 2 is 1.77 bits per heavy atom. The molecule has 0 saturated carbocycles. The van der Waals surface area contributed by atoms with Crippen molar-refractivity contribution >= 4 is 16.9 Å². The van der Waals surface area contributed by atoms with Crippen LogP contribution in [-0.2, 0) is 6.61 Å². The van der Waals surface area contributed by atoms with Gasteiger partial charge in [-0.25, -0.2) is 9.97 Å². The highest BCUT2D eigenvalue weighted by Gasteiger charge is 2.08.